The Hall–Kier alpha value is -1.75. The van der Waals surface area contributed by atoms with Crippen molar-refractivity contribution in [3.05, 3.63) is 22.8 Å². The number of fused-ring (bicyclic) bond motifs is 1. The number of aromatic hydroxyl groups is 2. The lowest BCUT2D eigenvalue weighted by atomic mass is 9.49. The predicted octanol–water partition coefficient (Wildman–Crippen LogP) is 3.48. The Morgan fingerprint density at radius 2 is 1.92 bits per heavy atom. The number of rotatable bonds is 2. The van der Waals surface area contributed by atoms with Gasteiger partial charge < -0.3 is 20.3 Å². The quantitative estimate of drug-likeness (QED) is 0.556. The number of phenolic OH excluding ortho intramolecular Hbond substituents is 2. The molecule has 142 valence electrons. The van der Waals surface area contributed by atoms with E-state index in [9.17, 15) is 15.0 Å². The Labute approximate surface area is 154 Å². The van der Waals surface area contributed by atoms with E-state index in [1.807, 2.05) is 27.0 Å². The number of likely N-dealkylation sites (N-methyl/N-ethyl adjacent to an activating group) is 1. The number of esters is 1. The number of hydrogen-bond acceptors (Lipinski definition) is 5. The van der Waals surface area contributed by atoms with Gasteiger partial charge in [-0.1, -0.05) is 34.1 Å². The molecule has 1 aliphatic heterocycles. The molecule has 0 aromatic heterocycles. The number of phenols is 2. The first-order valence-corrected chi connectivity index (χ1v) is 9.64. The van der Waals surface area contributed by atoms with Crippen LogP contribution in [0.3, 0.4) is 0 Å². The highest BCUT2D eigenvalue weighted by Gasteiger charge is 2.69. The largest absolute Gasteiger partial charge is 0.504 e. The topological polar surface area (TPSA) is 78.8 Å². The van der Waals surface area contributed by atoms with Gasteiger partial charge in [0.25, 0.3) is 0 Å². The molecule has 4 atom stereocenters. The van der Waals surface area contributed by atoms with Crippen LogP contribution in [0.15, 0.2) is 6.07 Å². The SMILES string of the molecule is CN[C@@H]1c2cc(C(C)C)c(O)c(O)c2[C@@]23CCCC(C)(C)[C@@H]2[C@@H]1OC3=O. The maximum absolute atomic E-state index is 13.2. The molecule has 0 spiro atoms. The van der Waals surface area contributed by atoms with Crippen LogP contribution in [0.1, 0.15) is 75.6 Å². The fraction of sp³-hybridized carbons (Fsp3) is 0.667. The van der Waals surface area contributed by atoms with E-state index in [0.717, 1.165) is 18.4 Å². The van der Waals surface area contributed by atoms with Crippen molar-refractivity contribution in [3.63, 3.8) is 0 Å². The predicted molar refractivity (Wildman–Crippen MR) is 98.3 cm³/mol. The van der Waals surface area contributed by atoms with Crippen molar-refractivity contribution in [1.82, 2.24) is 5.32 Å². The van der Waals surface area contributed by atoms with Crippen molar-refractivity contribution in [3.8, 4) is 11.5 Å². The normalized spacial score (nSPS) is 34.4. The van der Waals surface area contributed by atoms with Gasteiger partial charge in [0.15, 0.2) is 11.5 Å². The molecular weight excluding hydrogens is 330 g/mol. The van der Waals surface area contributed by atoms with E-state index in [1.165, 1.54) is 0 Å². The maximum atomic E-state index is 13.2. The molecule has 0 radical (unpaired) electrons. The summed E-state index contributed by atoms with van der Waals surface area (Å²) in [5.41, 5.74) is 1.26. The molecule has 1 aromatic rings. The molecule has 1 saturated heterocycles. The zero-order chi connectivity index (χ0) is 19.0. The molecule has 0 unspecified atom stereocenters. The summed E-state index contributed by atoms with van der Waals surface area (Å²) < 4.78 is 5.95. The van der Waals surface area contributed by atoms with Crippen LogP contribution in [0.5, 0.6) is 11.5 Å². The second-order valence-corrected chi connectivity index (χ2v) is 9.21. The first kappa shape index (κ1) is 17.7. The monoisotopic (exact) mass is 359 g/mol. The fourth-order valence-electron chi connectivity index (χ4n) is 6.05. The van der Waals surface area contributed by atoms with E-state index >= 15 is 0 Å². The van der Waals surface area contributed by atoms with Crippen molar-refractivity contribution in [2.45, 2.75) is 70.4 Å². The smallest absolute Gasteiger partial charge is 0.317 e. The van der Waals surface area contributed by atoms with Crippen LogP contribution < -0.4 is 5.32 Å². The van der Waals surface area contributed by atoms with Gasteiger partial charge in [-0.3, -0.25) is 4.79 Å². The number of carbonyl (C=O) groups excluding carboxylic acids is 1. The molecule has 5 nitrogen and oxygen atoms in total. The Balaban J connectivity index is 2.08. The van der Waals surface area contributed by atoms with E-state index in [2.05, 4.69) is 19.2 Å². The lowest BCUT2D eigenvalue weighted by Gasteiger charge is -2.52. The third-order valence-corrected chi connectivity index (χ3v) is 7.08. The molecule has 26 heavy (non-hydrogen) atoms. The second-order valence-electron chi connectivity index (χ2n) is 9.21. The zero-order valence-electron chi connectivity index (χ0n) is 16.2. The third kappa shape index (κ3) is 1.92. The molecule has 3 aliphatic rings. The first-order valence-electron chi connectivity index (χ1n) is 9.64. The van der Waals surface area contributed by atoms with Crippen LogP contribution in [0.4, 0.5) is 0 Å². The van der Waals surface area contributed by atoms with Crippen LogP contribution in [-0.2, 0) is 14.9 Å². The van der Waals surface area contributed by atoms with Gasteiger partial charge in [-0.15, -0.1) is 0 Å². The van der Waals surface area contributed by atoms with E-state index in [0.29, 0.717) is 17.5 Å². The van der Waals surface area contributed by atoms with Crippen LogP contribution in [-0.4, -0.2) is 29.3 Å². The summed E-state index contributed by atoms with van der Waals surface area (Å²) in [6.45, 7) is 8.35. The van der Waals surface area contributed by atoms with Gasteiger partial charge in [0, 0.05) is 17.0 Å². The Bertz CT molecular complexity index is 785. The molecule has 1 heterocycles. The molecular formula is C21H29NO4. The zero-order valence-corrected chi connectivity index (χ0v) is 16.2. The third-order valence-electron chi connectivity index (χ3n) is 7.08. The molecule has 2 fully saturated rings. The fourth-order valence-corrected chi connectivity index (χ4v) is 6.05. The number of nitrogens with one attached hydrogen (secondary N) is 1. The van der Waals surface area contributed by atoms with Gasteiger partial charge in [-0.05, 0) is 42.9 Å². The van der Waals surface area contributed by atoms with Crippen LogP contribution in [0.2, 0.25) is 0 Å². The van der Waals surface area contributed by atoms with Crippen molar-refractivity contribution in [1.29, 1.82) is 0 Å². The van der Waals surface area contributed by atoms with Gasteiger partial charge in [-0.2, -0.15) is 0 Å². The van der Waals surface area contributed by atoms with Crippen molar-refractivity contribution < 1.29 is 19.7 Å². The standard InChI is InChI=1S/C21H29NO4/c1-10(2)11-9-12-13(16(24)15(11)23)21-8-6-7-20(3,4)18(21)17(14(12)22-5)26-19(21)25/h9-10,14,17-18,22-24H,6-8H2,1-5H3/t14-,17-,18+,21+/m1/s1. The van der Waals surface area contributed by atoms with Gasteiger partial charge in [-0.25, -0.2) is 0 Å². The highest BCUT2D eigenvalue weighted by molar-refractivity contribution is 5.90. The van der Waals surface area contributed by atoms with Crippen molar-refractivity contribution in [2.75, 3.05) is 7.05 Å². The van der Waals surface area contributed by atoms with E-state index < -0.39 is 5.41 Å². The van der Waals surface area contributed by atoms with Gasteiger partial charge in [0.1, 0.15) is 11.5 Å². The highest BCUT2D eigenvalue weighted by atomic mass is 16.6. The molecule has 5 heteroatoms. The summed E-state index contributed by atoms with van der Waals surface area (Å²) in [5.74, 6) is -0.423. The van der Waals surface area contributed by atoms with Crippen molar-refractivity contribution in [2.24, 2.45) is 11.3 Å². The highest BCUT2D eigenvalue weighted by Crippen LogP contribution is 2.66. The van der Waals surface area contributed by atoms with E-state index in [1.54, 1.807) is 0 Å². The van der Waals surface area contributed by atoms with Gasteiger partial charge in [0.05, 0.1) is 6.04 Å². The molecule has 4 rings (SSSR count). The van der Waals surface area contributed by atoms with Crippen LogP contribution in [0, 0.1) is 11.3 Å². The average molecular weight is 359 g/mol. The van der Waals surface area contributed by atoms with Gasteiger partial charge >= 0.3 is 5.97 Å². The summed E-state index contributed by atoms with van der Waals surface area (Å²) in [4.78, 5) is 13.2. The summed E-state index contributed by atoms with van der Waals surface area (Å²) in [6.07, 6.45) is 2.34. The summed E-state index contributed by atoms with van der Waals surface area (Å²) in [5, 5.41) is 25.1. The lowest BCUT2D eigenvalue weighted by molar-refractivity contribution is -0.146. The lowest BCUT2D eigenvalue weighted by Crippen LogP contribution is -2.55. The maximum Gasteiger partial charge on any atom is 0.317 e. The molecule has 3 N–H and O–H groups in total. The molecule has 0 amide bonds. The molecule has 1 saturated carbocycles. The number of hydrogen-bond donors (Lipinski definition) is 3. The second kappa shape index (κ2) is 5.38. The van der Waals surface area contributed by atoms with Gasteiger partial charge in [0.2, 0.25) is 0 Å². The summed E-state index contributed by atoms with van der Waals surface area (Å²) in [6, 6.07) is 1.78. The molecule has 1 aromatic carbocycles. The Morgan fingerprint density at radius 3 is 2.54 bits per heavy atom. The minimum absolute atomic E-state index is 0.0172. The Morgan fingerprint density at radius 1 is 1.23 bits per heavy atom. The number of carbonyl (C=O) groups is 1. The molecule has 2 aliphatic carbocycles. The number of ether oxygens (including phenoxy) is 1. The number of benzene rings is 1. The van der Waals surface area contributed by atoms with E-state index in [-0.39, 0.29) is 46.9 Å². The molecule has 2 bridgehead atoms. The minimum Gasteiger partial charge on any atom is -0.504 e. The van der Waals surface area contributed by atoms with E-state index in [4.69, 9.17) is 4.74 Å². The summed E-state index contributed by atoms with van der Waals surface area (Å²) in [7, 11) is 1.86. The average Bonchev–Trinajstić information content (AvgIpc) is 2.81. The summed E-state index contributed by atoms with van der Waals surface area (Å²) >= 11 is 0. The minimum atomic E-state index is -0.855. The van der Waals surface area contributed by atoms with Crippen LogP contribution in [0.25, 0.3) is 0 Å². The van der Waals surface area contributed by atoms with Crippen molar-refractivity contribution >= 4 is 5.97 Å². The Kier molecular flexibility index (Phi) is 3.65. The van der Waals surface area contributed by atoms with Crippen LogP contribution >= 0.6 is 0 Å². The first-order chi connectivity index (χ1) is 12.2.